The summed E-state index contributed by atoms with van der Waals surface area (Å²) in [6.45, 7) is 11.3. The summed E-state index contributed by atoms with van der Waals surface area (Å²) in [4.78, 5) is 42.8. The van der Waals surface area contributed by atoms with Gasteiger partial charge in [0.05, 0.1) is 30.8 Å². The number of ether oxygens (including phenoxy) is 2. The summed E-state index contributed by atoms with van der Waals surface area (Å²) in [6, 6.07) is 4.24. The molecule has 0 aromatic heterocycles. The first kappa shape index (κ1) is 25.6. The average Bonchev–Trinajstić information content (AvgIpc) is 3.38. The van der Waals surface area contributed by atoms with Crippen molar-refractivity contribution in [2.45, 2.75) is 84.1 Å². The molecule has 3 aliphatic heterocycles. The smallest absolute Gasteiger partial charge is 0.312 e. The number of rotatable bonds is 8. The number of fused-ring (bicyclic) bond motifs is 1. The molecule has 3 aliphatic rings. The molecule has 0 aliphatic carbocycles. The molecule has 8 nitrogen and oxygen atoms in total. The van der Waals surface area contributed by atoms with E-state index in [1.807, 2.05) is 52.8 Å². The summed E-state index contributed by atoms with van der Waals surface area (Å²) in [5.41, 5.74) is 0.509. The third kappa shape index (κ3) is 3.76. The zero-order valence-corrected chi connectivity index (χ0v) is 21.6. The van der Waals surface area contributed by atoms with E-state index in [1.54, 1.807) is 6.92 Å². The van der Waals surface area contributed by atoms with Gasteiger partial charge in [0.1, 0.15) is 17.6 Å². The Bertz CT molecular complexity index is 1010. The first-order valence-corrected chi connectivity index (χ1v) is 12.7. The number of nitrogens with one attached hydrogen (secondary N) is 1. The van der Waals surface area contributed by atoms with Crippen LogP contribution in [0.1, 0.15) is 58.1 Å². The number of aliphatic hydroxyl groups excluding tert-OH is 1. The molecule has 2 N–H and O–H groups in total. The lowest BCUT2D eigenvalue weighted by Crippen LogP contribution is -2.57. The molecule has 1 aromatic carbocycles. The Labute approximate surface area is 207 Å². The van der Waals surface area contributed by atoms with Crippen LogP contribution in [0, 0.1) is 31.6 Å². The fourth-order valence-corrected chi connectivity index (χ4v) is 6.63. The summed E-state index contributed by atoms with van der Waals surface area (Å²) in [7, 11) is 0. The van der Waals surface area contributed by atoms with E-state index in [-0.39, 0.29) is 30.9 Å². The Balaban J connectivity index is 1.82. The van der Waals surface area contributed by atoms with Gasteiger partial charge in [-0.15, -0.1) is 0 Å². The van der Waals surface area contributed by atoms with Crippen molar-refractivity contribution >= 4 is 23.5 Å². The molecule has 2 unspecified atom stereocenters. The van der Waals surface area contributed by atoms with E-state index in [1.165, 1.54) is 4.90 Å². The molecule has 8 heteroatoms. The van der Waals surface area contributed by atoms with Gasteiger partial charge in [0.25, 0.3) is 0 Å². The number of hydrogen-bond donors (Lipinski definition) is 2. The number of anilines is 1. The minimum atomic E-state index is -1.15. The first-order chi connectivity index (χ1) is 16.6. The molecular weight excluding hydrogens is 448 g/mol. The second-order valence-corrected chi connectivity index (χ2v) is 10.6. The molecule has 192 valence electrons. The van der Waals surface area contributed by atoms with Crippen LogP contribution in [0.25, 0.3) is 0 Å². The van der Waals surface area contributed by atoms with Crippen LogP contribution >= 0.6 is 0 Å². The van der Waals surface area contributed by atoms with Gasteiger partial charge in [-0.3, -0.25) is 14.4 Å². The van der Waals surface area contributed by atoms with Crippen LogP contribution in [-0.4, -0.2) is 64.3 Å². The van der Waals surface area contributed by atoms with Crippen molar-refractivity contribution in [2.75, 3.05) is 18.5 Å². The van der Waals surface area contributed by atoms with E-state index in [4.69, 9.17) is 9.47 Å². The summed E-state index contributed by atoms with van der Waals surface area (Å²) in [5, 5.41) is 13.4. The lowest BCUT2D eigenvalue weighted by molar-refractivity contribution is -0.160. The zero-order valence-electron chi connectivity index (χ0n) is 21.6. The number of carbonyl (C=O) groups is 3. The van der Waals surface area contributed by atoms with E-state index in [2.05, 4.69) is 5.32 Å². The molecule has 4 rings (SSSR count). The highest BCUT2D eigenvalue weighted by Crippen LogP contribution is 2.63. The third-order valence-electron chi connectivity index (χ3n) is 8.58. The molecule has 3 heterocycles. The summed E-state index contributed by atoms with van der Waals surface area (Å²) >= 11 is 0. The van der Waals surface area contributed by atoms with E-state index < -0.39 is 41.1 Å². The normalized spacial score (nSPS) is 32.9. The number of esters is 1. The number of hydrogen-bond acceptors (Lipinski definition) is 6. The Kier molecular flexibility index (Phi) is 6.74. The van der Waals surface area contributed by atoms with Crippen LogP contribution in [0.3, 0.4) is 0 Å². The first-order valence-electron chi connectivity index (χ1n) is 12.7. The molecule has 35 heavy (non-hydrogen) atoms. The number of aryl methyl sites for hydroxylation is 2. The van der Waals surface area contributed by atoms with E-state index in [0.717, 1.165) is 17.5 Å². The Morgan fingerprint density at radius 1 is 1.26 bits per heavy atom. The molecule has 3 fully saturated rings. The number of carbonyl (C=O) groups excluding carboxylic acids is 3. The number of amides is 2. The lowest BCUT2D eigenvalue weighted by Gasteiger charge is -2.39. The maximum absolute atomic E-state index is 14.1. The van der Waals surface area contributed by atoms with Gasteiger partial charge in [0.15, 0.2) is 0 Å². The van der Waals surface area contributed by atoms with E-state index in [9.17, 15) is 19.5 Å². The van der Waals surface area contributed by atoms with Crippen molar-refractivity contribution in [1.29, 1.82) is 0 Å². The number of aliphatic hydroxyl groups is 1. The van der Waals surface area contributed by atoms with Gasteiger partial charge in [0, 0.05) is 5.69 Å². The van der Waals surface area contributed by atoms with Gasteiger partial charge in [-0.05, 0) is 57.6 Å². The molecule has 7 atom stereocenters. The second kappa shape index (κ2) is 9.21. The Morgan fingerprint density at radius 3 is 2.49 bits per heavy atom. The molecular formula is C27H38N2O6. The van der Waals surface area contributed by atoms with Gasteiger partial charge >= 0.3 is 5.97 Å². The number of likely N-dealkylation sites (tertiary alicyclic amines) is 1. The molecule has 2 bridgehead atoms. The summed E-state index contributed by atoms with van der Waals surface area (Å²) in [5.74, 6) is -2.80. The van der Waals surface area contributed by atoms with Crippen LogP contribution in [0.5, 0.6) is 0 Å². The highest BCUT2D eigenvalue weighted by Gasteiger charge is 2.79. The van der Waals surface area contributed by atoms with Crippen molar-refractivity contribution in [3.8, 4) is 0 Å². The molecule has 3 saturated heterocycles. The van der Waals surface area contributed by atoms with Crippen LogP contribution in [0.2, 0.25) is 0 Å². The predicted molar refractivity (Wildman–Crippen MR) is 131 cm³/mol. The van der Waals surface area contributed by atoms with Gasteiger partial charge in [0.2, 0.25) is 11.8 Å². The summed E-state index contributed by atoms with van der Waals surface area (Å²) in [6.07, 6.45) is 1.75. The fraction of sp³-hybridized carbons (Fsp3) is 0.667. The topological polar surface area (TPSA) is 105 Å². The van der Waals surface area contributed by atoms with E-state index >= 15 is 0 Å². The average molecular weight is 487 g/mol. The van der Waals surface area contributed by atoms with Crippen LogP contribution in [0.4, 0.5) is 5.69 Å². The highest BCUT2D eigenvalue weighted by molar-refractivity contribution is 6.04. The quantitative estimate of drug-likeness (QED) is 0.548. The molecule has 0 saturated carbocycles. The maximum atomic E-state index is 14.1. The van der Waals surface area contributed by atoms with Crippen LogP contribution < -0.4 is 5.32 Å². The largest absolute Gasteiger partial charge is 0.466 e. The minimum Gasteiger partial charge on any atom is -0.466 e. The predicted octanol–water partition coefficient (Wildman–Crippen LogP) is 2.98. The monoisotopic (exact) mass is 486 g/mol. The van der Waals surface area contributed by atoms with Gasteiger partial charge in [-0.1, -0.05) is 38.5 Å². The highest BCUT2D eigenvalue weighted by atomic mass is 16.6. The second-order valence-electron chi connectivity index (χ2n) is 10.6. The standard InChI is InChI=1S/C27H38N2O6/c1-7-15(3)18(14-30)29-22(23(31)28-21-16(4)10-9-11-17(21)5)27-13-12-26(6,35-27)20(19(27)24(29)32)25(33)34-8-2/h9-11,15,18-20,22,30H,7-8,12-14H2,1-6H3,(H,28,31)/t15-,18-,19-,20+,22?,26-,27?/m0/s1. The van der Waals surface area contributed by atoms with Crippen LogP contribution in [-0.2, 0) is 23.9 Å². The van der Waals surface area contributed by atoms with E-state index in [0.29, 0.717) is 18.5 Å². The lowest BCUT2D eigenvalue weighted by atomic mass is 9.66. The zero-order chi connectivity index (χ0) is 25.7. The number of para-hydroxylation sites is 1. The van der Waals surface area contributed by atoms with Gasteiger partial charge in [-0.2, -0.15) is 0 Å². The van der Waals surface area contributed by atoms with Crippen molar-refractivity contribution in [1.82, 2.24) is 4.90 Å². The Hall–Kier alpha value is -2.45. The summed E-state index contributed by atoms with van der Waals surface area (Å²) < 4.78 is 12.0. The SMILES string of the molecule is CCOC(=O)[C@H]1[C@H]2C(=O)N([C@@H](CO)[C@@H](C)CC)C(C(=O)Nc3c(C)cccc3C)C23CC[C@]1(C)O3. The number of benzene rings is 1. The van der Waals surface area contributed by atoms with Crippen molar-refractivity contribution < 1.29 is 29.0 Å². The molecule has 1 aromatic rings. The van der Waals surface area contributed by atoms with Crippen molar-refractivity contribution in [3.05, 3.63) is 29.3 Å². The van der Waals surface area contributed by atoms with Crippen molar-refractivity contribution in [3.63, 3.8) is 0 Å². The van der Waals surface area contributed by atoms with Gasteiger partial charge < -0.3 is 24.8 Å². The fourth-order valence-electron chi connectivity index (χ4n) is 6.63. The Morgan fingerprint density at radius 2 is 1.91 bits per heavy atom. The maximum Gasteiger partial charge on any atom is 0.312 e. The molecule has 2 amide bonds. The van der Waals surface area contributed by atoms with Gasteiger partial charge in [-0.25, -0.2) is 0 Å². The number of nitrogens with zero attached hydrogens (tertiary/aromatic N) is 1. The van der Waals surface area contributed by atoms with Crippen molar-refractivity contribution in [2.24, 2.45) is 17.8 Å². The molecule has 0 radical (unpaired) electrons. The minimum absolute atomic E-state index is 0.0523. The molecule has 1 spiro atoms. The van der Waals surface area contributed by atoms with Crippen LogP contribution in [0.15, 0.2) is 18.2 Å². The third-order valence-corrected chi connectivity index (χ3v) is 8.58.